The number of rotatable bonds is 1. The monoisotopic (exact) mass is 168 g/mol. The second-order valence-corrected chi connectivity index (χ2v) is 4.02. The zero-order valence-corrected chi connectivity index (χ0v) is 7.71. The molecule has 1 amide bonds. The van der Waals surface area contributed by atoms with Crippen LogP contribution in [0.2, 0.25) is 0 Å². The van der Waals surface area contributed by atoms with Crippen molar-refractivity contribution in [3.05, 3.63) is 0 Å². The molecular formula is C9H16N2O. The van der Waals surface area contributed by atoms with Gasteiger partial charge in [0.25, 0.3) is 0 Å². The van der Waals surface area contributed by atoms with E-state index in [4.69, 9.17) is 0 Å². The summed E-state index contributed by atoms with van der Waals surface area (Å²) in [7, 11) is 0. The van der Waals surface area contributed by atoms with Crippen molar-refractivity contribution < 1.29 is 4.79 Å². The molecule has 0 aromatic carbocycles. The first-order valence-electron chi connectivity index (χ1n) is 4.74. The van der Waals surface area contributed by atoms with E-state index in [1.165, 1.54) is 0 Å². The first kappa shape index (κ1) is 8.05. The third-order valence-electron chi connectivity index (χ3n) is 2.91. The number of likely N-dealkylation sites (tertiary alicyclic amines) is 1. The van der Waals surface area contributed by atoms with E-state index in [1.54, 1.807) is 0 Å². The van der Waals surface area contributed by atoms with Gasteiger partial charge in [-0.3, -0.25) is 4.79 Å². The average Bonchev–Trinajstić information content (AvgIpc) is 2.44. The molecule has 2 saturated heterocycles. The minimum absolute atomic E-state index is 0.326. The molecule has 2 rings (SSSR count). The quantitative estimate of drug-likeness (QED) is 0.613. The molecular weight excluding hydrogens is 152 g/mol. The van der Waals surface area contributed by atoms with E-state index in [0.29, 0.717) is 30.5 Å². The van der Waals surface area contributed by atoms with Gasteiger partial charge in [0.2, 0.25) is 5.91 Å². The standard InChI is InChI=1S/C9H16N2O/c1-6(2)11-8-3-4-10-7(8)5-9(11)12/h6-8,10H,3-5H2,1-2H3/t7-,8-/m1/s1. The first-order valence-corrected chi connectivity index (χ1v) is 4.74. The van der Waals surface area contributed by atoms with Crippen LogP contribution in [0.3, 0.4) is 0 Å². The number of amides is 1. The molecule has 2 heterocycles. The molecule has 0 spiro atoms. The average molecular weight is 168 g/mol. The zero-order chi connectivity index (χ0) is 8.72. The van der Waals surface area contributed by atoms with Gasteiger partial charge in [0, 0.05) is 24.5 Å². The maximum atomic E-state index is 11.5. The molecule has 68 valence electrons. The molecule has 12 heavy (non-hydrogen) atoms. The molecule has 2 atom stereocenters. The fourth-order valence-corrected chi connectivity index (χ4v) is 2.44. The molecule has 0 aliphatic carbocycles. The summed E-state index contributed by atoms with van der Waals surface area (Å²) < 4.78 is 0. The SMILES string of the molecule is CC(C)N1C(=O)C[C@H]2NCC[C@H]21. The van der Waals surface area contributed by atoms with Crippen molar-refractivity contribution in [1.29, 1.82) is 0 Å². The Hall–Kier alpha value is -0.570. The predicted molar refractivity (Wildman–Crippen MR) is 46.8 cm³/mol. The Morgan fingerprint density at radius 3 is 3.00 bits per heavy atom. The summed E-state index contributed by atoms with van der Waals surface area (Å²) >= 11 is 0. The van der Waals surface area contributed by atoms with Crippen molar-refractivity contribution in [2.24, 2.45) is 0 Å². The molecule has 0 saturated carbocycles. The Kier molecular flexibility index (Phi) is 1.83. The lowest BCUT2D eigenvalue weighted by atomic mass is 10.1. The third kappa shape index (κ3) is 1.04. The zero-order valence-electron chi connectivity index (χ0n) is 7.71. The molecule has 2 aliphatic heterocycles. The van der Waals surface area contributed by atoms with Crippen molar-refractivity contribution in [3.63, 3.8) is 0 Å². The lowest BCUT2D eigenvalue weighted by Crippen LogP contribution is -2.40. The van der Waals surface area contributed by atoms with E-state index in [-0.39, 0.29) is 0 Å². The minimum Gasteiger partial charge on any atom is -0.336 e. The number of carbonyl (C=O) groups is 1. The fraction of sp³-hybridized carbons (Fsp3) is 0.889. The smallest absolute Gasteiger partial charge is 0.224 e. The summed E-state index contributed by atoms with van der Waals surface area (Å²) in [5.74, 6) is 0.326. The largest absolute Gasteiger partial charge is 0.336 e. The molecule has 0 aromatic rings. The summed E-state index contributed by atoms with van der Waals surface area (Å²) in [4.78, 5) is 13.6. The van der Waals surface area contributed by atoms with Crippen molar-refractivity contribution in [3.8, 4) is 0 Å². The number of hydrogen-bond acceptors (Lipinski definition) is 2. The van der Waals surface area contributed by atoms with Crippen LogP contribution in [0.5, 0.6) is 0 Å². The van der Waals surface area contributed by atoms with E-state index in [9.17, 15) is 4.79 Å². The van der Waals surface area contributed by atoms with Crippen LogP contribution >= 0.6 is 0 Å². The highest BCUT2D eigenvalue weighted by Gasteiger charge is 2.43. The molecule has 3 nitrogen and oxygen atoms in total. The lowest BCUT2D eigenvalue weighted by molar-refractivity contribution is -0.130. The van der Waals surface area contributed by atoms with Gasteiger partial charge in [-0.15, -0.1) is 0 Å². The van der Waals surface area contributed by atoms with Gasteiger partial charge in [-0.1, -0.05) is 0 Å². The van der Waals surface area contributed by atoms with Crippen LogP contribution in [0, 0.1) is 0 Å². The molecule has 0 bridgehead atoms. The number of carbonyl (C=O) groups excluding carboxylic acids is 1. The predicted octanol–water partition coefficient (Wildman–Crippen LogP) is 0.358. The van der Waals surface area contributed by atoms with Crippen LogP contribution in [-0.4, -0.2) is 35.5 Å². The van der Waals surface area contributed by atoms with Crippen LogP contribution < -0.4 is 5.32 Å². The van der Waals surface area contributed by atoms with Crippen LogP contribution in [0.4, 0.5) is 0 Å². The van der Waals surface area contributed by atoms with Gasteiger partial charge < -0.3 is 10.2 Å². The Balaban J connectivity index is 2.16. The van der Waals surface area contributed by atoms with Crippen molar-refractivity contribution in [2.75, 3.05) is 6.54 Å². The fourth-order valence-electron chi connectivity index (χ4n) is 2.44. The number of nitrogens with one attached hydrogen (secondary N) is 1. The van der Waals surface area contributed by atoms with Gasteiger partial charge in [-0.25, -0.2) is 0 Å². The van der Waals surface area contributed by atoms with Gasteiger partial charge >= 0.3 is 0 Å². The molecule has 2 aliphatic rings. The number of fused-ring (bicyclic) bond motifs is 1. The molecule has 0 unspecified atom stereocenters. The number of hydrogen-bond donors (Lipinski definition) is 1. The molecule has 1 N–H and O–H groups in total. The summed E-state index contributed by atoms with van der Waals surface area (Å²) in [6, 6.07) is 1.30. The van der Waals surface area contributed by atoms with Crippen LogP contribution in [0.1, 0.15) is 26.7 Å². The minimum atomic E-state index is 0.326. The lowest BCUT2D eigenvalue weighted by Gasteiger charge is -2.27. The normalized spacial score (nSPS) is 34.9. The summed E-state index contributed by atoms with van der Waals surface area (Å²) in [5, 5.41) is 3.37. The summed E-state index contributed by atoms with van der Waals surface area (Å²) in [5.41, 5.74) is 0. The van der Waals surface area contributed by atoms with E-state index in [2.05, 4.69) is 19.2 Å². The van der Waals surface area contributed by atoms with Crippen molar-refractivity contribution >= 4 is 5.91 Å². The maximum Gasteiger partial charge on any atom is 0.224 e. The van der Waals surface area contributed by atoms with Crippen LogP contribution in [-0.2, 0) is 4.79 Å². The maximum absolute atomic E-state index is 11.5. The Morgan fingerprint density at radius 2 is 2.33 bits per heavy atom. The van der Waals surface area contributed by atoms with Gasteiger partial charge in [-0.05, 0) is 26.8 Å². The highest BCUT2D eigenvalue weighted by Crippen LogP contribution is 2.27. The van der Waals surface area contributed by atoms with Gasteiger partial charge in [0.1, 0.15) is 0 Å². The van der Waals surface area contributed by atoms with Crippen molar-refractivity contribution in [1.82, 2.24) is 10.2 Å². The Labute approximate surface area is 73.1 Å². The van der Waals surface area contributed by atoms with Crippen LogP contribution in [0.25, 0.3) is 0 Å². The van der Waals surface area contributed by atoms with Gasteiger partial charge in [0.05, 0.1) is 0 Å². The van der Waals surface area contributed by atoms with E-state index < -0.39 is 0 Å². The summed E-state index contributed by atoms with van der Waals surface area (Å²) in [6.45, 7) is 5.27. The molecule has 3 heteroatoms. The second kappa shape index (κ2) is 2.73. The second-order valence-electron chi connectivity index (χ2n) is 4.02. The van der Waals surface area contributed by atoms with Gasteiger partial charge in [0.15, 0.2) is 0 Å². The Morgan fingerprint density at radius 1 is 1.58 bits per heavy atom. The summed E-state index contributed by atoms with van der Waals surface area (Å²) in [6.07, 6.45) is 1.84. The van der Waals surface area contributed by atoms with E-state index in [1.807, 2.05) is 4.90 Å². The Bertz CT molecular complexity index is 203. The first-order chi connectivity index (χ1) is 5.70. The highest BCUT2D eigenvalue weighted by atomic mass is 16.2. The molecule has 0 radical (unpaired) electrons. The van der Waals surface area contributed by atoms with E-state index in [0.717, 1.165) is 13.0 Å². The number of nitrogens with zero attached hydrogens (tertiary/aromatic N) is 1. The topological polar surface area (TPSA) is 32.3 Å². The third-order valence-corrected chi connectivity index (χ3v) is 2.91. The van der Waals surface area contributed by atoms with Crippen molar-refractivity contribution in [2.45, 2.75) is 44.8 Å². The molecule has 2 fully saturated rings. The van der Waals surface area contributed by atoms with Gasteiger partial charge in [-0.2, -0.15) is 0 Å². The van der Waals surface area contributed by atoms with Crippen LogP contribution in [0.15, 0.2) is 0 Å². The molecule has 0 aromatic heterocycles. The highest BCUT2D eigenvalue weighted by molar-refractivity contribution is 5.80. The van der Waals surface area contributed by atoms with E-state index >= 15 is 0 Å².